The molecule has 8 heteroatoms. The molecule has 1 heterocycles. The summed E-state index contributed by atoms with van der Waals surface area (Å²) in [5.41, 5.74) is 1.81. The molecule has 28 heavy (non-hydrogen) atoms. The Morgan fingerprint density at radius 2 is 1.68 bits per heavy atom. The number of rotatable bonds is 6. The van der Waals surface area contributed by atoms with Crippen molar-refractivity contribution in [1.29, 1.82) is 0 Å². The van der Waals surface area contributed by atoms with Crippen molar-refractivity contribution >= 4 is 21.6 Å². The van der Waals surface area contributed by atoms with Crippen molar-refractivity contribution in [2.45, 2.75) is 11.8 Å². The number of para-hydroxylation sites is 1. The SMILES string of the molecule is COc1ccc(S(=O)(=O)N2CCN(CC(=O)Nc3ccccc3C)CC2)cc1. The van der Waals surface area contributed by atoms with Gasteiger partial charge in [0, 0.05) is 31.9 Å². The molecule has 1 saturated heterocycles. The van der Waals surface area contributed by atoms with Crippen molar-refractivity contribution < 1.29 is 17.9 Å². The van der Waals surface area contributed by atoms with Gasteiger partial charge in [-0.3, -0.25) is 9.69 Å². The minimum absolute atomic E-state index is 0.0965. The number of sulfonamides is 1. The topological polar surface area (TPSA) is 79.0 Å². The molecule has 1 aliphatic heterocycles. The van der Waals surface area contributed by atoms with E-state index >= 15 is 0 Å². The molecular weight excluding hydrogens is 378 g/mol. The van der Waals surface area contributed by atoms with Gasteiger partial charge in [0.25, 0.3) is 0 Å². The second-order valence-electron chi connectivity index (χ2n) is 6.72. The lowest BCUT2D eigenvalue weighted by Gasteiger charge is -2.33. The second kappa shape index (κ2) is 8.72. The maximum absolute atomic E-state index is 12.8. The van der Waals surface area contributed by atoms with E-state index in [0.29, 0.717) is 31.9 Å². The van der Waals surface area contributed by atoms with E-state index in [1.165, 1.54) is 11.4 Å². The third-order valence-electron chi connectivity index (χ3n) is 4.81. The van der Waals surface area contributed by atoms with Gasteiger partial charge >= 0.3 is 0 Å². The van der Waals surface area contributed by atoms with Crippen LogP contribution in [-0.4, -0.2) is 63.4 Å². The zero-order valence-corrected chi connectivity index (χ0v) is 16.9. The zero-order chi connectivity index (χ0) is 20.1. The molecule has 2 aromatic carbocycles. The van der Waals surface area contributed by atoms with Crippen molar-refractivity contribution in [2.24, 2.45) is 0 Å². The van der Waals surface area contributed by atoms with Crippen LogP contribution in [0, 0.1) is 6.92 Å². The Hall–Kier alpha value is -2.42. The summed E-state index contributed by atoms with van der Waals surface area (Å²) in [5.74, 6) is 0.518. The van der Waals surface area contributed by atoms with E-state index in [-0.39, 0.29) is 17.3 Å². The van der Waals surface area contributed by atoms with Gasteiger partial charge in [0.15, 0.2) is 0 Å². The molecule has 0 atom stereocenters. The van der Waals surface area contributed by atoms with E-state index in [9.17, 15) is 13.2 Å². The first-order valence-corrected chi connectivity index (χ1v) is 10.6. The third kappa shape index (κ3) is 4.70. The number of benzene rings is 2. The minimum Gasteiger partial charge on any atom is -0.497 e. The number of hydrogen-bond acceptors (Lipinski definition) is 5. The molecule has 7 nitrogen and oxygen atoms in total. The first kappa shape index (κ1) is 20.3. The number of anilines is 1. The lowest BCUT2D eigenvalue weighted by molar-refractivity contribution is -0.117. The van der Waals surface area contributed by atoms with Crippen molar-refractivity contribution in [3.05, 3.63) is 54.1 Å². The number of ether oxygens (including phenoxy) is 1. The number of piperazine rings is 1. The summed E-state index contributed by atoms with van der Waals surface area (Å²) in [4.78, 5) is 14.5. The average Bonchev–Trinajstić information content (AvgIpc) is 2.70. The van der Waals surface area contributed by atoms with E-state index in [4.69, 9.17) is 4.74 Å². The van der Waals surface area contributed by atoms with Gasteiger partial charge in [-0.25, -0.2) is 8.42 Å². The number of nitrogens with one attached hydrogen (secondary N) is 1. The first-order valence-electron chi connectivity index (χ1n) is 9.12. The fourth-order valence-corrected chi connectivity index (χ4v) is 4.55. The zero-order valence-electron chi connectivity index (χ0n) is 16.1. The third-order valence-corrected chi connectivity index (χ3v) is 6.73. The molecule has 150 valence electrons. The van der Waals surface area contributed by atoms with E-state index in [1.807, 2.05) is 36.1 Å². The summed E-state index contributed by atoms with van der Waals surface area (Å²) in [6.07, 6.45) is 0. The maximum Gasteiger partial charge on any atom is 0.243 e. The van der Waals surface area contributed by atoms with Gasteiger partial charge in [0.05, 0.1) is 18.6 Å². The van der Waals surface area contributed by atoms with Gasteiger partial charge in [-0.05, 0) is 42.8 Å². The summed E-state index contributed by atoms with van der Waals surface area (Å²) < 4.78 is 32.1. The Morgan fingerprint density at radius 3 is 2.29 bits per heavy atom. The highest BCUT2D eigenvalue weighted by atomic mass is 32.2. The van der Waals surface area contributed by atoms with Crippen LogP contribution in [0.1, 0.15) is 5.56 Å². The lowest BCUT2D eigenvalue weighted by atomic mass is 10.2. The van der Waals surface area contributed by atoms with E-state index in [0.717, 1.165) is 11.3 Å². The summed E-state index contributed by atoms with van der Waals surface area (Å²) in [6, 6.07) is 14.0. The van der Waals surface area contributed by atoms with Crippen LogP contribution in [0.15, 0.2) is 53.4 Å². The van der Waals surface area contributed by atoms with Crippen molar-refractivity contribution in [3.63, 3.8) is 0 Å². The van der Waals surface area contributed by atoms with Gasteiger partial charge in [-0.2, -0.15) is 4.31 Å². The number of hydrogen-bond donors (Lipinski definition) is 1. The summed E-state index contributed by atoms with van der Waals surface area (Å²) in [6.45, 7) is 3.91. The quantitative estimate of drug-likeness (QED) is 0.798. The smallest absolute Gasteiger partial charge is 0.243 e. The van der Waals surface area contributed by atoms with Crippen LogP contribution in [0.3, 0.4) is 0 Å². The van der Waals surface area contributed by atoms with Crippen LogP contribution >= 0.6 is 0 Å². The molecule has 2 aromatic rings. The molecule has 3 rings (SSSR count). The molecule has 0 bridgehead atoms. The Labute approximate surface area is 166 Å². The molecule has 0 spiro atoms. The highest BCUT2D eigenvalue weighted by Gasteiger charge is 2.29. The number of amides is 1. The number of nitrogens with zero attached hydrogens (tertiary/aromatic N) is 2. The fourth-order valence-electron chi connectivity index (χ4n) is 3.13. The fraction of sp³-hybridized carbons (Fsp3) is 0.350. The summed E-state index contributed by atoms with van der Waals surface area (Å²) in [5, 5.41) is 2.91. The van der Waals surface area contributed by atoms with E-state index < -0.39 is 10.0 Å². The van der Waals surface area contributed by atoms with Gasteiger partial charge in [0.1, 0.15) is 5.75 Å². The Kier molecular flexibility index (Phi) is 6.33. The van der Waals surface area contributed by atoms with Crippen LogP contribution in [-0.2, 0) is 14.8 Å². The molecule has 0 saturated carbocycles. The second-order valence-corrected chi connectivity index (χ2v) is 8.66. The van der Waals surface area contributed by atoms with Crippen molar-refractivity contribution in [2.75, 3.05) is 45.2 Å². The van der Waals surface area contributed by atoms with Crippen molar-refractivity contribution in [1.82, 2.24) is 9.21 Å². The van der Waals surface area contributed by atoms with Gasteiger partial charge < -0.3 is 10.1 Å². The summed E-state index contributed by atoms with van der Waals surface area (Å²) in [7, 11) is -2.00. The highest BCUT2D eigenvalue weighted by Crippen LogP contribution is 2.20. The molecule has 1 N–H and O–H groups in total. The number of aryl methyl sites for hydroxylation is 1. The Morgan fingerprint density at radius 1 is 1.04 bits per heavy atom. The average molecular weight is 404 g/mol. The number of carbonyl (C=O) groups is 1. The molecule has 1 fully saturated rings. The van der Waals surface area contributed by atoms with Crippen LogP contribution in [0.2, 0.25) is 0 Å². The monoisotopic (exact) mass is 403 g/mol. The van der Waals surface area contributed by atoms with E-state index in [1.54, 1.807) is 24.3 Å². The molecule has 0 unspecified atom stereocenters. The molecule has 0 radical (unpaired) electrons. The molecule has 0 aliphatic carbocycles. The Bertz CT molecular complexity index is 921. The van der Waals surface area contributed by atoms with Crippen LogP contribution in [0.4, 0.5) is 5.69 Å². The van der Waals surface area contributed by atoms with Crippen LogP contribution in [0.25, 0.3) is 0 Å². The van der Waals surface area contributed by atoms with Crippen molar-refractivity contribution in [3.8, 4) is 5.75 Å². The molecule has 1 aliphatic rings. The van der Waals surface area contributed by atoms with Gasteiger partial charge in [-0.1, -0.05) is 18.2 Å². The molecule has 1 amide bonds. The van der Waals surface area contributed by atoms with Crippen LogP contribution < -0.4 is 10.1 Å². The van der Waals surface area contributed by atoms with E-state index in [2.05, 4.69) is 5.32 Å². The Balaban J connectivity index is 1.55. The number of methoxy groups -OCH3 is 1. The maximum atomic E-state index is 12.8. The largest absolute Gasteiger partial charge is 0.497 e. The minimum atomic E-state index is -3.54. The van der Waals surface area contributed by atoms with Gasteiger partial charge in [0.2, 0.25) is 15.9 Å². The first-order chi connectivity index (χ1) is 13.4. The predicted molar refractivity (Wildman–Crippen MR) is 108 cm³/mol. The summed E-state index contributed by atoms with van der Waals surface area (Å²) >= 11 is 0. The lowest BCUT2D eigenvalue weighted by Crippen LogP contribution is -2.50. The molecule has 0 aromatic heterocycles. The number of carbonyl (C=O) groups excluding carboxylic acids is 1. The standard InChI is InChI=1S/C20H25N3O4S/c1-16-5-3-4-6-19(16)21-20(24)15-22-11-13-23(14-12-22)28(25,26)18-9-7-17(27-2)8-10-18/h3-10H,11-15H2,1-2H3,(H,21,24). The predicted octanol–water partition coefficient (Wildman–Crippen LogP) is 1.95. The van der Waals surface area contributed by atoms with Crippen LogP contribution in [0.5, 0.6) is 5.75 Å². The highest BCUT2D eigenvalue weighted by molar-refractivity contribution is 7.89. The normalized spacial score (nSPS) is 15.9. The van der Waals surface area contributed by atoms with Gasteiger partial charge in [-0.15, -0.1) is 0 Å². The molecular formula is C20H25N3O4S.